The number of para-hydroxylation sites is 1. The van der Waals surface area contributed by atoms with Crippen molar-refractivity contribution in [3.63, 3.8) is 0 Å². The van der Waals surface area contributed by atoms with Crippen LogP contribution in [-0.4, -0.2) is 31.5 Å². The van der Waals surface area contributed by atoms with E-state index in [-0.39, 0.29) is 11.9 Å². The average Bonchev–Trinajstić information content (AvgIpc) is 3.28. The summed E-state index contributed by atoms with van der Waals surface area (Å²) in [5.74, 6) is 0.531. The smallest absolute Gasteiger partial charge is 0.252 e. The molecule has 0 saturated heterocycles. The highest BCUT2D eigenvalue weighted by Crippen LogP contribution is 2.25. The van der Waals surface area contributed by atoms with Gasteiger partial charge < -0.3 is 14.6 Å². The minimum Gasteiger partial charge on any atom is -0.463 e. The number of quaternary nitrogens is 1. The second kappa shape index (κ2) is 8.29. The molecule has 0 radical (unpaired) electrons. The first-order valence-corrected chi connectivity index (χ1v) is 9.70. The van der Waals surface area contributed by atoms with Gasteiger partial charge in [-0.1, -0.05) is 48.5 Å². The number of amides is 1. The van der Waals surface area contributed by atoms with Gasteiger partial charge in [0.15, 0.2) is 5.76 Å². The summed E-state index contributed by atoms with van der Waals surface area (Å²) < 4.78 is 5.49. The summed E-state index contributed by atoms with van der Waals surface area (Å²) in [5, 5.41) is 3.95. The number of rotatable bonds is 6. The highest BCUT2D eigenvalue weighted by atomic mass is 16.3. The van der Waals surface area contributed by atoms with Crippen LogP contribution in [0.3, 0.4) is 0 Å². The summed E-state index contributed by atoms with van der Waals surface area (Å²) in [6.07, 6.45) is 1.61. The van der Waals surface area contributed by atoms with Crippen molar-refractivity contribution in [3.05, 3.63) is 90.2 Å². The van der Waals surface area contributed by atoms with E-state index < -0.39 is 0 Å². The summed E-state index contributed by atoms with van der Waals surface area (Å²) in [7, 11) is 4.20. The zero-order valence-electron chi connectivity index (χ0n) is 16.6. The molecule has 2 aromatic heterocycles. The van der Waals surface area contributed by atoms with Gasteiger partial charge in [0.25, 0.3) is 5.91 Å². The fraction of sp³-hybridized carbons (Fsp3) is 0.167. The molecular weight excluding hydrogens is 362 g/mol. The van der Waals surface area contributed by atoms with Crippen molar-refractivity contribution in [2.24, 2.45) is 0 Å². The van der Waals surface area contributed by atoms with Crippen LogP contribution >= 0.6 is 0 Å². The number of hydrogen-bond donors (Lipinski definition) is 2. The number of benzene rings is 2. The minimum absolute atomic E-state index is 0.112. The Morgan fingerprint density at radius 3 is 2.52 bits per heavy atom. The first-order valence-electron chi connectivity index (χ1n) is 9.70. The van der Waals surface area contributed by atoms with Crippen molar-refractivity contribution < 1.29 is 14.1 Å². The molecule has 2 aromatic carbocycles. The largest absolute Gasteiger partial charge is 0.463 e. The Morgan fingerprint density at radius 2 is 1.79 bits per heavy atom. The van der Waals surface area contributed by atoms with Crippen molar-refractivity contribution >= 4 is 16.8 Å². The SMILES string of the molecule is C[NH+](C)[C@@H](CNC(=O)c1cc(-c2ccco2)nc2ccccc12)c1ccccc1. The molecule has 4 rings (SSSR count). The van der Waals surface area contributed by atoms with Gasteiger partial charge >= 0.3 is 0 Å². The Bertz CT molecular complexity index is 1110. The lowest BCUT2D eigenvalue weighted by Gasteiger charge is -2.22. The number of aromatic nitrogens is 1. The van der Waals surface area contributed by atoms with E-state index in [1.165, 1.54) is 10.5 Å². The molecule has 0 fully saturated rings. The van der Waals surface area contributed by atoms with Crippen molar-refractivity contribution in [1.82, 2.24) is 10.3 Å². The minimum atomic E-state index is -0.112. The fourth-order valence-electron chi connectivity index (χ4n) is 3.54. The molecule has 29 heavy (non-hydrogen) atoms. The van der Waals surface area contributed by atoms with Gasteiger partial charge in [-0.05, 0) is 24.3 Å². The van der Waals surface area contributed by atoms with Crippen molar-refractivity contribution in [1.29, 1.82) is 0 Å². The highest BCUT2D eigenvalue weighted by Gasteiger charge is 2.20. The van der Waals surface area contributed by atoms with Crippen LogP contribution in [-0.2, 0) is 0 Å². The lowest BCUT2D eigenvalue weighted by molar-refractivity contribution is -0.890. The predicted octanol–water partition coefficient (Wildman–Crippen LogP) is 3.11. The molecule has 0 bridgehead atoms. The van der Waals surface area contributed by atoms with E-state index >= 15 is 0 Å². The van der Waals surface area contributed by atoms with E-state index in [0.29, 0.717) is 23.6 Å². The van der Waals surface area contributed by atoms with Gasteiger partial charge in [-0.15, -0.1) is 0 Å². The van der Waals surface area contributed by atoms with Crippen LogP contribution in [0.15, 0.2) is 83.5 Å². The number of carbonyl (C=O) groups is 1. The maximum absolute atomic E-state index is 13.2. The summed E-state index contributed by atoms with van der Waals surface area (Å²) in [4.78, 5) is 19.1. The summed E-state index contributed by atoms with van der Waals surface area (Å²) in [6.45, 7) is 0.540. The lowest BCUT2D eigenvalue weighted by Crippen LogP contribution is -3.07. The van der Waals surface area contributed by atoms with E-state index in [1.54, 1.807) is 12.3 Å². The van der Waals surface area contributed by atoms with Gasteiger partial charge in [0, 0.05) is 10.9 Å². The van der Waals surface area contributed by atoms with E-state index in [0.717, 1.165) is 10.9 Å². The Balaban J connectivity index is 1.64. The number of pyridine rings is 1. The van der Waals surface area contributed by atoms with E-state index in [2.05, 4.69) is 36.5 Å². The maximum Gasteiger partial charge on any atom is 0.252 e. The van der Waals surface area contributed by atoms with Crippen LogP contribution in [0.1, 0.15) is 22.0 Å². The monoisotopic (exact) mass is 386 g/mol. The highest BCUT2D eigenvalue weighted by molar-refractivity contribution is 6.07. The van der Waals surface area contributed by atoms with Crippen LogP contribution < -0.4 is 10.2 Å². The van der Waals surface area contributed by atoms with Gasteiger partial charge in [-0.2, -0.15) is 0 Å². The topological polar surface area (TPSA) is 59.6 Å². The molecule has 0 spiro atoms. The quantitative estimate of drug-likeness (QED) is 0.535. The van der Waals surface area contributed by atoms with Gasteiger partial charge in [-0.25, -0.2) is 4.98 Å². The van der Waals surface area contributed by atoms with Crippen LogP contribution in [0.25, 0.3) is 22.4 Å². The molecule has 146 valence electrons. The number of nitrogens with zero attached hydrogens (tertiary/aromatic N) is 1. The first-order chi connectivity index (χ1) is 14.1. The second-order valence-corrected chi connectivity index (χ2v) is 7.30. The average molecular weight is 386 g/mol. The van der Waals surface area contributed by atoms with Gasteiger partial charge in [-0.3, -0.25) is 4.79 Å². The zero-order chi connectivity index (χ0) is 20.2. The summed E-state index contributed by atoms with van der Waals surface area (Å²) in [5.41, 5.74) is 3.22. The van der Waals surface area contributed by atoms with Crippen LogP contribution in [0.4, 0.5) is 0 Å². The molecule has 5 heteroatoms. The molecule has 2 heterocycles. The van der Waals surface area contributed by atoms with E-state index in [4.69, 9.17) is 4.42 Å². The Morgan fingerprint density at radius 1 is 1.03 bits per heavy atom. The molecule has 5 nitrogen and oxygen atoms in total. The lowest BCUT2D eigenvalue weighted by atomic mass is 10.0. The van der Waals surface area contributed by atoms with Crippen molar-refractivity contribution in [2.75, 3.05) is 20.6 Å². The van der Waals surface area contributed by atoms with Gasteiger partial charge in [0.2, 0.25) is 0 Å². The normalized spacial score (nSPS) is 12.2. The third-order valence-electron chi connectivity index (χ3n) is 5.10. The van der Waals surface area contributed by atoms with E-state index in [9.17, 15) is 4.79 Å². The third kappa shape index (κ3) is 4.05. The van der Waals surface area contributed by atoms with Crippen LogP contribution in [0.2, 0.25) is 0 Å². The molecule has 0 aliphatic heterocycles. The number of hydrogen-bond acceptors (Lipinski definition) is 3. The molecule has 1 amide bonds. The molecule has 0 unspecified atom stereocenters. The van der Waals surface area contributed by atoms with Crippen molar-refractivity contribution in [2.45, 2.75) is 6.04 Å². The predicted molar refractivity (Wildman–Crippen MR) is 114 cm³/mol. The summed E-state index contributed by atoms with van der Waals surface area (Å²) >= 11 is 0. The number of nitrogens with one attached hydrogen (secondary N) is 2. The third-order valence-corrected chi connectivity index (χ3v) is 5.10. The first kappa shape index (κ1) is 18.9. The van der Waals surface area contributed by atoms with Crippen LogP contribution in [0.5, 0.6) is 0 Å². The number of carbonyl (C=O) groups excluding carboxylic acids is 1. The van der Waals surface area contributed by atoms with Crippen LogP contribution in [0, 0.1) is 0 Å². The number of fused-ring (bicyclic) bond motifs is 1. The molecule has 4 aromatic rings. The Labute approximate surface area is 170 Å². The molecule has 0 aliphatic rings. The molecule has 2 N–H and O–H groups in total. The molecule has 0 aliphatic carbocycles. The standard InChI is InChI=1S/C24H23N3O2/c1-27(2)22(17-9-4-3-5-10-17)16-25-24(28)19-15-21(23-13-8-14-29-23)26-20-12-7-6-11-18(19)20/h3-15,22H,16H2,1-2H3,(H,25,28)/p+1/t22-/m0/s1. The second-order valence-electron chi connectivity index (χ2n) is 7.30. The summed E-state index contributed by atoms with van der Waals surface area (Å²) in [6, 6.07) is 23.6. The molecular formula is C24H24N3O2+. The number of furan rings is 1. The molecule has 0 saturated carbocycles. The number of likely N-dealkylation sites (N-methyl/N-ethyl adjacent to an activating group) is 1. The molecule has 1 atom stereocenters. The Kier molecular flexibility index (Phi) is 5.40. The van der Waals surface area contributed by atoms with Gasteiger partial charge in [0.1, 0.15) is 11.7 Å². The van der Waals surface area contributed by atoms with Crippen molar-refractivity contribution in [3.8, 4) is 11.5 Å². The van der Waals surface area contributed by atoms with E-state index in [1.807, 2.05) is 54.6 Å². The maximum atomic E-state index is 13.2. The zero-order valence-corrected chi connectivity index (χ0v) is 16.6. The Hall–Kier alpha value is -3.44. The van der Waals surface area contributed by atoms with Gasteiger partial charge in [0.05, 0.1) is 38.0 Å². The fourth-order valence-corrected chi connectivity index (χ4v) is 3.54.